The standard InChI is InChI=1S/C18H22N4O6/c1-27-17(24)11-4-6-21(7-5-11)16(23)15-10-22(18(25)28-15)14-3-2-13(19)8-12(14)9-20-26/h2-3,8-9,11,15,26H,4-7,10,19H2,1H3. The van der Waals surface area contributed by atoms with Crippen molar-refractivity contribution in [3.8, 4) is 0 Å². The zero-order valence-electron chi connectivity index (χ0n) is 15.4. The van der Waals surface area contributed by atoms with Crippen molar-refractivity contribution in [1.82, 2.24) is 4.90 Å². The molecule has 2 aliphatic rings. The lowest BCUT2D eigenvalue weighted by molar-refractivity contribution is -0.150. The Morgan fingerprint density at radius 1 is 1.36 bits per heavy atom. The van der Waals surface area contributed by atoms with Crippen LogP contribution in [0.3, 0.4) is 0 Å². The van der Waals surface area contributed by atoms with Crippen molar-refractivity contribution in [2.75, 3.05) is 37.4 Å². The maximum atomic E-state index is 12.8. The number of oxime groups is 1. The number of benzene rings is 1. The number of anilines is 2. The highest BCUT2D eigenvalue weighted by Gasteiger charge is 2.41. The number of nitrogen functional groups attached to an aromatic ring is 1. The molecule has 2 amide bonds. The third-order valence-corrected chi connectivity index (χ3v) is 4.97. The summed E-state index contributed by atoms with van der Waals surface area (Å²) in [4.78, 5) is 39.6. The Bertz CT molecular complexity index is 803. The Balaban J connectivity index is 1.68. The summed E-state index contributed by atoms with van der Waals surface area (Å²) in [5.74, 6) is -0.786. The molecule has 2 saturated heterocycles. The Morgan fingerprint density at radius 2 is 2.07 bits per heavy atom. The van der Waals surface area contributed by atoms with Crippen LogP contribution in [0.2, 0.25) is 0 Å². The van der Waals surface area contributed by atoms with Crippen molar-refractivity contribution in [2.24, 2.45) is 11.1 Å². The van der Waals surface area contributed by atoms with E-state index in [1.54, 1.807) is 23.1 Å². The predicted molar refractivity (Wildman–Crippen MR) is 99.2 cm³/mol. The zero-order chi connectivity index (χ0) is 20.3. The highest BCUT2D eigenvalue weighted by atomic mass is 16.6. The number of rotatable bonds is 4. The van der Waals surface area contributed by atoms with Crippen molar-refractivity contribution in [2.45, 2.75) is 18.9 Å². The normalized spacial score (nSPS) is 20.5. The van der Waals surface area contributed by atoms with Crippen molar-refractivity contribution in [1.29, 1.82) is 0 Å². The van der Waals surface area contributed by atoms with Crippen molar-refractivity contribution >= 4 is 35.6 Å². The number of carbonyl (C=O) groups is 3. The van der Waals surface area contributed by atoms with E-state index in [1.807, 2.05) is 0 Å². The molecule has 3 rings (SSSR count). The van der Waals surface area contributed by atoms with Gasteiger partial charge in [0.1, 0.15) is 0 Å². The zero-order valence-corrected chi connectivity index (χ0v) is 15.4. The molecule has 0 aliphatic carbocycles. The monoisotopic (exact) mass is 390 g/mol. The number of nitrogens with zero attached hydrogens (tertiary/aromatic N) is 3. The molecule has 0 aromatic heterocycles. The highest BCUT2D eigenvalue weighted by Crippen LogP contribution is 2.28. The first-order valence-electron chi connectivity index (χ1n) is 8.86. The highest BCUT2D eigenvalue weighted by molar-refractivity contribution is 6.00. The van der Waals surface area contributed by atoms with Crippen LogP contribution in [0.1, 0.15) is 18.4 Å². The Kier molecular flexibility index (Phi) is 5.67. The molecule has 1 aromatic carbocycles. The molecule has 2 heterocycles. The number of esters is 1. The third kappa shape index (κ3) is 3.85. The molecule has 3 N–H and O–H groups in total. The first kappa shape index (κ1) is 19.5. The van der Waals surface area contributed by atoms with Gasteiger partial charge in [-0.25, -0.2) is 4.79 Å². The van der Waals surface area contributed by atoms with Gasteiger partial charge in [0, 0.05) is 24.3 Å². The van der Waals surface area contributed by atoms with Crippen LogP contribution in [0.15, 0.2) is 23.4 Å². The molecule has 2 fully saturated rings. The molecule has 0 spiro atoms. The van der Waals surface area contributed by atoms with Gasteiger partial charge in [-0.2, -0.15) is 0 Å². The number of amides is 2. The van der Waals surface area contributed by atoms with Gasteiger partial charge in [0.2, 0.25) is 0 Å². The van der Waals surface area contributed by atoms with E-state index in [2.05, 4.69) is 5.16 Å². The molecule has 0 radical (unpaired) electrons. The van der Waals surface area contributed by atoms with Crippen LogP contribution in [-0.2, 0) is 19.1 Å². The molecule has 1 aromatic rings. The van der Waals surface area contributed by atoms with Gasteiger partial charge in [0.05, 0.1) is 31.5 Å². The first-order chi connectivity index (χ1) is 13.4. The van der Waals surface area contributed by atoms with E-state index in [9.17, 15) is 14.4 Å². The van der Waals surface area contributed by atoms with Crippen LogP contribution in [0, 0.1) is 5.92 Å². The maximum Gasteiger partial charge on any atom is 0.415 e. The fraction of sp³-hybridized carbons (Fsp3) is 0.444. The summed E-state index contributed by atoms with van der Waals surface area (Å²) < 4.78 is 10.0. The topological polar surface area (TPSA) is 135 Å². The fourth-order valence-corrected chi connectivity index (χ4v) is 3.48. The molecule has 1 unspecified atom stereocenters. The minimum absolute atomic E-state index is 0.0325. The van der Waals surface area contributed by atoms with Crippen LogP contribution in [0.4, 0.5) is 16.2 Å². The van der Waals surface area contributed by atoms with Gasteiger partial charge < -0.3 is 25.3 Å². The number of piperidine rings is 1. The van der Waals surface area contributed by atoms with E-state index in [0.29, 0.717) is 42.9 Å². The van der Waals surface area contributed by atoms with E-state index in [1.165, 1.54) is 12.0 Å². The summed E-state index contributed by atoms with van der Waals surface area (Å²) in [6.45, 7) is 0.832. The summed E-state index contributed by atoms with van der Waals surface area (Å²) in [6.07, 6.45) is 0.570. The summed E-state index contributed by atoms with van der Waals surface area (Å²) >= 11 is 0. The van der Waals surface area contributed by atoms with Gasteiger partial charge in [0.15, 0.2) is 6.10 Å². The third-order valence-electron chi connectivity index (χ3n) is 4.97. The van der Waals surface area contributed by atoms with Gasteiger partial charge in [0.25, 0.3) is 5.91 Å². The molecule has 2 aliphatic heterocycles. The molecule has 10 nitrogen and oxygen atoms in total. The van der Waals surface area contributed by atoms with E-state index in [0.717, 1.165) is 6.21 Å². The second-order valence-electron chi connectivity index (χ2n) is 6.67. The molecule has 1 atom stereocenters. The molecule has 0 saturated carbocycles. The average Bonchev–Trinajstić information content (AvgIpc) is 3.09. The molecule has 0 bridgehead atoms. The van der Waals surface area contributed by atoms with Crippen molar-refractivity contribution < 1.29 is 29.1 Å². The van der Waals surface area contributed by atoms with Gasteiger partial charge >= 0.3 is 12.1 Å². The number of ether oxygens (including phenoxy) is 2. The summed E-state index contributed by atoms with van der Waals surface area (Å²) in [5, 5.41) is 11.8. The van der Waals surface area contributed by atoms with Gasteiger partial charge in [-0.1, -0.05) is 5.16 Å². The number of likely N-dealkylation sites (tertiary alicyclic amines) is 1. The van der Waals surface area contributed by atoms with Gasteiger partial charge in [-0.3, -0.25) is 14.5 Å². The minimum atomic E-state index is -0.946. The van der Waals surface area contributed by atoms with Crippen molar-refractivity contribution in [3.63, 3.8) is 0 Å². The lowest BCUT2D eigenvalue weighted by Crippen LogP contribution is -2.46. The van der Waals surface area contributed by atoms with Crippen LogP contribution in [-0.4, -0.2) is 67.1 Å². The minimum Gasteiger partial charge on any atom is -0.469 e. The lowest BCUT2D eigenvalue weighted by atomic mass is 9.96. The lowest BCUT2D eigenvalue weighted by Gasteiger charge is -2.31. The Hall–Kier alpha value is -3.30. The number of methoxy groups -OCH3 is 1. The smallest absolute Gasteiger partial charge is 0.415 e. The molecular weight excluding hydrogens is 368 g/mol. The van der Waals surface area contributed by atoms with E-state index in [-0.39, 0.29) is 24.3 Å². The quantitative estimate of drug-likeness (QED) is 0.255. The average molecular weight is 390 g/mol. The van der Waals surface area contributed by atoms with E-state index >= 15 is 0 Å². The maximum absolute atomic E-state index is 12.8. The first-order valence-corrected chi connectivity index (χ1v) is 8.86. The van der Waals surface area contributed by atoms with E-state index in [4.69, 9.17) is 20.4 Å². The van der Waals surface area contributed by atoms with Gasteiger partial charge in [-0.15, -0.1) is 0 Å². The number of hydrogen-bond acceptors (Lipinski definition) is 8. The second-order valence-corrected chi connectivity index (χ2v) is 6.67. The number of cyclic esters (lactones) is 1. The second kappa shape index (κ2) is 8.15. The van der Waals surface area contributed by atoms with E-state index < -0.39 is 12.2 Å². The van der Waals surface area contributed by atoms with Crippen LogP contribution in [0.25, 0.3) is 0 Å². The fourth-order valence-electron chi connectivity index (χ4n) is 3.48. The van der Waals surface area contributed by atoms with Crippen LogP contribution in [0.5, 0.6) is 0 Å². The molecule has 150 valence electrons. The molecule has 10 heteroatoms. The number of hydrogen-bond donors (Lipinski definition) is 2. The van der Waals surface area contributed by atoms with Crippen LogP contribution < -0.4 is 10.6 Å². The summed E-state index contributed by atoms with van der Waals surface area (Å²) in [6, 6.07) is 4.75. The number of carbonyl (C=O) groups excluding carboxylic acids is 3. The largest absolute Gasteiger partial charge is 0.469 e. The van der Waals surface area contributed by atoms with Crippen molar-refractivity contribution in [3.05, 3.63) is 23.8 Å². The summed E-state index contributed by atoms with van der Waals surface area (Å²) in [5.41, 5.74) is 7.02. The molecule has 28 heavy (non-hydrogen) atoms. The van der Waals surface area contributed by atoms with Crippen LogP contribution >= 0.6 is 0 Å². The Morgan fingerprint density at radius 3 is 2.71 bits per heavy atom. The molecular formula is C18H22N4O6. The Labute approximate surface area is 161 Å². The van der Waals surface area contributed by atoms with Gasteiger partial charge in [-0.05, 0) is 31.0 Å². The number of nitrogens with two attached hydrogens (primary N) is 1. The predicted octanol–water partition coefficient (Wildman–Crippen LogP) is 0.814. The summed E-state index contributed by atoms with van der Waals surface area (Å²) in [7, 11) is 1.35. The SMILES string of the molecule is COC(=O)C1CCN(C(=O)C2CN(c3ccc(N)cc3C=NO)C(=O)O2)CC1.